The minimum absolute atomic E-state index is 0.0821. The van der Waals surface area contributed by atoms with Crippen LogP contribution in [-0.2, 0) is 0 Å². The molecule has 0 aliphatic carbocycles. The predicted molar refractivity (Wildman–Crippen MR) is 104 cm³/mol. The van der Waals surface area contributed by atoms with E-state index in [-0.39, 0.29) is 17.1 Å². The summed E-state index contributed by atoms with van der Waals surface area (Å²) in [4.78, 5) is 15.3. The van der Waals surface area contributed by atoms with Gasteiger partial charge in [-0.05, 0) is 46.3 Å². The van der Waals surface area contributed by atoms with Crippen molar-refractivity contribution < 1.29 is 14.4 Å². The molecule has 1 aromatic heterocycles. The Morgan fingerprint density at radius 2 is 1.96 bits per heavy atom. The first-order valence-corrected chi connectivity index (χ1v) is 9.15. The van der Waals surface area contributed by atoms with E-state index >= 15 is 0 Å². The number of non-ortho nitro benzene ring substituents is 1. The average Bonchev–Trinajstić information content (AvgIpc) is 2.95. The molecular formula is C17H10BrClN2O4S. The number of aliphatic imine (C=N–C) groups is 1. The number of halogens is 2. The molecule has 0 aliphatic heterocycles. The molecular weight excluding hydrogens is 444 g/mol. The lowest BCUT2D eigenvalue weighted by atomic mass is 10.2. The quantitative estimate of drug-likeness (QED) is 0.282. The largest absolute Gasteiger partial charge is 0.506 e. The third kappa shape index (κ3) is 4.46. The summed E-state index contributed by atoms with van der Waals surface area (Å²) in [6, 6.07) is 12.7. The van der Waals surface area contributed by atoms with E-state index in [0.717, 1.165) is 9.37 Å². The SMILES string of the molecule is O=[N+]([O-])c1ccc(O)c(N=Cc2cc(Br)c(Sc3ccc(Cl)cc3)o2)c1. The van der Waals surface area contributed by atoms with Crippen molar-refractivity contribution in [3.05, 3.63) is 73.9 Å². The van der Waals surface area contributed by atoms with E-state index in [1.807, 2.05) is 12.1 Å². The van der Waals surface area contributed by atoms with Crippen LogP contribution in [0.4, 0.5) is 11.4 Å². The zero-order valence-corrected chi connectivity index (χ0v) is 16.1. The number of hydrogen-bond acceptors (Lipinski definition) is 6. The molecule has 1 N–H and O–H groups in total. The molecule has 6 nitrogen and oxygen atoms in total. The summed E-state index contributed by atoms with van der Waals surface area (Å²) < 4.78 is 6.44. The molecule has 3 aromatic rings. The van der Waals surface area contributed by atoms with Gasteiger partial charge in [0, 0.05) is 28.1 Å². The molecule has 2 aromatic carbocycles. The van der Waals surface area contributed by atoms with Gasteiger partial charge in [-0.25, -0.2) is 4.99 Å². The Morgan fingerprint density at radius 3 is 2.65 bits per heavy atom. The van der Waals surface area contributed by atoms with Crippen LogP contribution in [0, 0.1) is 10.1 Å². The van der Waals surface area contributed by atoms with E-state index in [0.29, 0.717) is 15.9 Å². The maximum absolute atomic E-state index is 10.8. The van der Waals surface area contributed by atoms with Crippen molar-refractivity contribution in [2.45, 2.75) is 9.99 Å². The molecule has 132 valence electrons. The van der Waals surface area contributed by atoms with E-state index in [2.05, 4.69) is 20.9 Å². The highest BCUT2D eigenvalue weighted by Gasteiger charge is 2.12. The fourth-order valence-corrected chi connectivity index (χ4v) is 3.43. The molecule has 1 heterocycles. The van der Waals surface area contributed by atoms with Crippen molar-refractivity contribution >= 4 is 56.9 Å². The second kappa shape index (κ2) is 7.94. The second-order valence-electron chi connectivity index (χ2n) is 5.03. The molecule has 0 unspecified atom stereocenters. The summed E-state index contributed by atoms with van der Waals surface area (Å²) in [6.45, 7) is 0. The minimum Gasteiger partial charge on any atom is -0.506 e. The fourth-order valence-electron chi connectivity index (χ4n) is 1.97. The number of furan rings is 1. The van der Waals surface area contributed by atoms with Crippen LogP contribution in [0.15, 0.2) is 72.4 Å². The van der Waals surface area contributed by atoms with Crippen LogP contribution in [0.3, 0.4) is 0 Å². The van der Waals surface area contributed by atoms with E-state index in [9.17, 15) is 15.2 Å². The third-order valence-corrected chi connectivity index (χ3v) is 5.30. The number of benzene rings is 2. The van der Waals surface area contributed by atoms with Crippen LogP contribution < -0.4 is 0 Å². The van der Waals surface area contributed by atoms with Crippen molar-refractivity contribution in [1.29, 1.82) is 0 Å². The van der Waals surface area contributed by atoms with Crippen molar-refractivity contribution in [2.75, 3.05) is 0 Å². The standard InChI is InChI=1S/C17H10BrClN2O4S/c18-14-8-12(25-17(14)26-13-4-1-10(19)2-5-13)9-20-15-7-11(21(23)24)3-6-16(15)22/h1-9,22H. The molecule has 3 rings (SSSR count). The zero-order chi connectivity index (χ0) is 18.7. The Balaban J connectivity index is 1.81. The highest BCUT2D eigenvalue weighted by Crippen LogP contribution is 2.36. The summed E-state index contributed by atoms with van der Waals surface area (Å²) in [5.41, 5.74) is -0.0758. The highest BCUT2D eigenvalue weighted by atomic mass is 79.9. The third-order valence-electron chi connectivity index (χ3n) is 3.20. The van der Waals surface area contributed by atoms with Crippen LogP contribution in [0.2, 0.25) is 5.02 Å². The van der Waals surface area contributed by atoms with Crippen molar-refractivity contribution in [1.82, 2.24) is 0 Å². The van der Waals surface area contributed by atoms with Gasteiger partial charge < -0.3 is 9.52 Å². The first kappa shape index (κ1) is 18.5. The molecule has 0 bridgehead atoms. The molecule has 0 amide bonds. The number of hydrogen-bond donors (Lipinski definition) is 1. The number of nitro benzene ring substituents is 1. The Hall–Kier alpha value is -2.29. The normalized spacial score (nSPS) is 11.2. The maximum atomic E-state index is 10.8. The molecule has 0 radical (unpaired) electrons. The Bertz CT molecular complexity index is 989. The summed E-state index contributed by atoms with van der Waals surface area (Å²) in [6.07, 6.45) is 1.38. The van der Waals surface area contributed by atoms with Crippen LogP contribution in [0.5, 0.6) is 5.75 Å². The van der Waals surface area contributed by atoms with E-state index in [1.165, 1.54) is 36.2 Å². The Labute approximate surface area is 165 Å². The number of nitro groups is 1. The van der Waals surface area contributed by atoms with Gasteiger partial charge in [-0.1, -0.05) is 23.4 Å². The number of aromatic hydroxyl groups is 1. The van der Waals surface area contributed by atoms with Gasteiger partial charge in [0.2, 0.25) is 0 Å². The molecule has 0 spiro atoms. The number of phenols is 1. The summed E-state index contributed by atoms with van der Waals surface area (Å²) in [5, 5.41) is 21.9. The van der Waals surface area contributed by atoms with Gasteiger partial charge in [0.15, 0.2) is 5.09 Å². The molecule has 0 fully saturated rings. The number of rotatable bonds is 5. The van der Waals surface area contributed by atoms with E-state index in [1.54, 1.807) is 18.2 Å². The molecule has 0 saturated heterocycles. The van der Waals surface area contributed by atoms with Crippen LogP contribution in [-0.4, -0.2) is 16.2 Å². The van der Waals surface area contributed by atoms with Crippen molar-refractivity contribution in [2.24, 2.45) is 4.99 Å². The molecule has 0 atom stereocenters. The van der Waals surface area contributed by atoms with E-state index in [4.69, 9.17) is 16.0 Å². The van der Waals surface area contributed by atoms with Gasteiger partial charge in [0.05, 0.1) is 15.6 Å². The lowest BCUT2D eigenvalue weighted by Gasteiger charge is -1.99. The second-order valence-corrected chi connectivity index (χ2v) is 7.37. The smallest absolute Gasteiger partial charge is 0.271 e. The highest BCUT2D eigenvalue weighted by molar-refractivity contribution is 9.10. The Kier molecular flexibility index (Phi) is 5.65. The van der Waals surface area contributed by atoms with Crippen LogP contribution in [0.25, 0.3) is 0 Å². The van der Waals surface area contributed by atoms with Gasteiger partial charge >= 0.3 is 0 Å². The van der Waals surface area contributed by atoms with Crippen LogP contribution >= 0.6 is 39.3 Å². The first-order chi connectivity index (χ1) is 12.4. The number of nitrogens with zero attached hydrogens (tertiary/aromatic N) is 2. The predicted octanol–water partition coefficient (Wildman–Crippen LogP) is 6.21. The molecule has 9 heteroatoms. The van der Waals surface area contributed by atoms with E-state index < -0.39 is 4.92 Å². The minimum atomic E-state index is -0.553. The van der Waals surface area contributed by atoms with Gasteiger partial charge in [0.25, 0.3) is 5.69 Å². The molecule has 0 aliphatic rings. The monoisotopic (exact) mass is 452 g/mol. The van der Waals surface area contributed by atoms with Crippen molar-refractivity contribution in [3.8, 4) is 5.75 Å². The summed E-state index contributed by atoms with van der Waals surface area (Å²) in [5.74, 6) is 0.271. The van der Waals surface area contributed by atoms with Gasteiger partial charge in [-0.15, -0.1) is 0 Å². The maximum Gasteiger partial charge on any atom is 0.271 e. The van der Waals surface area contributed by atoms with Crippen LogP contribution in [0.1, 0.15) is 5.76 Å². The molecule has 26 heavy (non-hydrogen) atoms. The lowest BCUT2D eigenvalue weighted by Crippen LogP contribution is -1.86. The fraction of sp³-hybridized carbons (Fsp3) is 0. The Morgan fingerprint density at radius 1 is 1.23 bits per heavy atom. The van der Waals surface area contributed by atoms with Crippen molar-refractivity contribution in [3.63, 3.8) is 0 Å². The topological polar surface area (TPSA) is 88.9 Å². The summed E-state index contributed by atoms with van der Waals surface area (Å²) >= 11 is 10.7. The average molecular weight is 454 g/mol. The first-order valence-electron chi connectivity index (χ1n) is 7.16. The van der Waals surface area contributed by atoms with Gasteiger partial charge in [-0.3, -0.25) is 10.1 Å². The van der Waals surface area contributed by atoms with Gasteiger partial charge in [-0.2, -0.15) is 0 Å². The zero-order valence-electron chi connectivity index (χ0n) is 12.9. The van der Waals surface area contributed by atoms with Gasteiger partial charge in [0.1, 0.15) is 17.2 Å². The lowest BCUT2D eigenvalue weighted by molar-refractivity contribution is -0.384. The molecule has 0 saturated carbocycles. The summed E-state index contributed by atoms with van der Waals surface area (Å²) in [7, 11) is 0. The number of phenolic OH excluding ortho intramolecular Hbond substituents is 1.